The molecule has 80 valence electrons. The van der Waals surface area contributed by atoms with Crippen molar-refractivity contribution in [3.05, 3.63) is 59.8 Å². The molecule has 0 saturated carbocycles. The maximum Gasteiger partial charge on any atom is 0.237 e. The van der Waals surface area contributed by atoms with Crippen LogP contribution in [0.1, 0.15) is 0 Å². The number of halogens is 2. The lowest BCUT2D eigenvalue weighted by Crippen LogP contribution is -3.00. The first-order valence-corrected chi connectivity index (χ1v) is 5.22. The quantitative estimate of drug-likeness (QED) is 0.397. The molecule has 0 unspecified atom stereocenters. The molecule has 3 rings (SSSR count). The van der Waals surface area contributed by atoms with Gasteiger partial charge in [-0.2, -0.15) is 4.40 Å². The van der Waals surface area contributed by atoms with Crippen LogP contribution in [0.4, 0.5) is 0 Å². The van der Waals surface area contributed by atoms with Gasteiger partial charge in [-0.1, -0.05) is 17.7 Å². The van der Waals surface area contributed by atoms with Crippen LogP contribution in [0, 0.1) is 0 Å². The van der Waals surface area contributed by atoms with Crippen LogP contribution in [0.2, 0.25) is 5.02 Å². The van der Waals surface area contributed by atoms with E-state index in [1.54, 1.807) is 0 Å². The first kappa shape index (κ1) is 11.2. The number of nitrogens with zero attached hydrogens (tertiary/aromatic N) is 1. The zero-order valence-corrected chi connectivity index (χ0v) is 9.91. The summed E-state index contributed by atoms with van der Waals surface area (Å²) in [6.07, 6.45) is 2.03. The third-order valence-electron chi connectivity index (χ3n) is 2.58. The molecule has 2 heterocycles. The number of aromatic nitrogens is 1. The van der Waals surface area contributed by atoms with Gasteiger partial charge in [0.1, 0.15) is 5.02 Å². The molecule has 1 aromatic carbocycles. The van der Waals surface area contributed by atoms with E-state index in [1.165, 1.54) is 0 Å². The van der Waals surface area contributed by atoms with Crippen molar-refractivity contribution in [1.29, 1.82) is 0 Å². The highest BCUT2D eigenvalue weighted by Gasteiger charge is 2.10. The Morgan fingerprint density at radius 2 is 1.75 bits per heavy atom. The van der Waals surface area contributed by atoms with E-state index in [9.17, 15) is 0 Å². The van der Waals surface area contributed by atoms with Crippen molar-refractivity contribution >= 4 is 28.0 Å². The standard InChI is InChI=1S/C13H9ClN.ClH/c14-12-6-3-4-10-7-8-11-5-1-2-9-15(11)13(10)12;/h1-9H;1H/q+1;/p-1. The minimum atomic E-state index is 0. The summed E-state index contributed by atoms with van der Waals surface area (Å²) in [7, 11) is 0. The Balaban J connectivity index is 0.000000963. The van der Waals surface area contributed by atoms with Gasteiger partial charge in [-0.05, 0) is 24.3 Å². The van der Waals surface area contributed by atoms with Gasteiger partial charge in [0.05, 0.1) is 0 Å². The zero-order chi connectivity index (χ0) is 10.3. The molecular formula is C13H9Cl2N. The maximum atomic E-state index is 6.22. The summed E-state index contributed by atoms with van der Waals surface area (Å²) in [6.45, 7) is 0. The predicted octanol–water partition coefficient (Wildman–Crippen LogP) is 0.236. The Morgan fingerprint density at radius 1 is 0.875 bits per heavy atom. The molecule has 0 spiro atoms. The number of para-hydroxylation sites is 1. The van der Waals surface area contributed by atoms with E-state index in [-0.39, 0.29) is 12.4 Å². The van der Waals surface area contributed by atoms with Gasteiger partial charge in [-0.15, -0.1) is 0 Å². The summed E-state index contributed by atoms with van der Waals surface area (Å²) in [5, 5.41) is 1.94. The van der Waals surface area contributed by atoms with E-state index >= 15 is 0 Å². The third kappa shape index (κ3) is 1.62. The van der Waals surface area contributed by atoms with Crippen LogP contribution in [0.5, 0.6) is 0 Å². The number of pyridine rings is 2. The highest BCUT2D eigenvalue weighted by atomic mass is 35.5. The first-order valence-electron chi connectivity index (χ1n) is 4.84. The van der Waals surface area contributed by atoms with Gasteiger partial charge in [-0.3, -0.25) is 0 Å². The van der Waals surface area contributed by atoms with E-state index in [0.29, 0.717) is 0 Å². The minimum absolute atomic E-state index is 0. The van der Waals surface area contributed by atoms with Gasteiger partial charge in [0.25, 0.3) is 0 Å². The van der Waals surface area contributed by atoms with Gasteiger partial charge in [-0.25, -0.2) is 0 Å². The van der Waals surface area contributed by atoms with Crippen molar-refractivity contribution in [2.45, 2.75) is 0 Å². The molecule has 16 heavy (non-hydrogen) atoms. The molecule has 3 aromatic rings. The van der Waals surface area contributed by atoms with Crippen LogP contribution in [0.3, 0.4) is 0 Å². The fourth-order valence-corrected chi connectivity index (χ4v) is 2.16. The number of rotatable bonds is 0. The fourth-order valence-electron chi connectivity index (χ4n) is 1.89. The fraction of sp³-hybridized carbons (Fsp3) is 0. The summed E-state index contributed by atoms with van der Waals surface area (Å²) >= 11 is 6.22. The van der Waals surface area contributed by atoms with Crippen molar-refractivity contribution in [3.63, 3.8) is 0 Å². The summed E-state index contributed by atoms with van der Waals surface area (Å²) in [4.78, 5) is 0. The van der Waals surface area contributed by atoms with Crippen molar-refractivity contribution < 1.29 is 16.8 Å². The van der Waals surface area contributed by atoms with Crippen LogP contribution < -0.4 is 16.8 Å². The second-order valence-corrected chi connectivity index (χ2v) is 3.91. The lowest BCUT2D eigenvalue weighted by molar-refractivity contribution is -0.481. The molecule has 0 aliphatic rings. The molecule has 0 aliphatic carbocycles. The molecule has 0 amide bonds. The number of fused-ring (bicyclic) bond motifs is 3. The summed E-state index contributed by atoms with van der Waals surface area (Å²) in [6, 6.07) is 16.3. The van der Waals surface area contributed by atoms with Crippen molar-refractivity contribution in [3.8, 4) is 0 Å². The molecule has 0 fully saturated rings. The van der Waals surface area contributed by atoms with Crippen LogP contribution in [-0.4, -0.2) is 0 Å². The maximum absolute atomic E-state index is 6.22. The van der Waals surface area contributed by atoms with E-state index < -0.39 is 0 Å². The molecule has 0 saturated heterocycles. The molecule has 2 aromatic heterocycles. The Morgan fingerprint density at radius 3 is 2.62 bits per heavy atom. The normalized spacial score (nSPS) is 10.3. The smallest absolute Gasteiger partial charge is 0.237 e. The highest BCUT2D eigenvalue weighted by molar-refractivity contribution is 6.34. The second kappa shape index (κ2) is 4.28. The molecule has 1 nitrogen and oxygen atoms in total. The minimum Gasteiger partial charge on any atom is -1.00 e. The lowest BCUT2D eigenvalue weighted by atomic mass is 10.2. The Kier molecular flexibility index (Phi) is 2.99. The monoisotopic (exact) mass is 249 g/mol. The predicted molar refractivity (Wildman–Crippen MR) is 62.1 cm³/mol. The molecule has 0 radical (unpaired) electrons. The van der Waals surface area contributed by atoms with E-state index in [2.05, 4.69) is 28.7 Å². The highest BCUT2D eigenvalue weighted by Crippen LogP contribution is 2.20. The van der Waals surface area contributed by atoms with Gasteiger partial charge < -0.3 is 12.4 Å². The summed E-state index contributed by atoms with van der Waals surface area (Å²) < 4.78 is 2.11. The van der Waals surface area contributed by atoms with Gasteiger partial charge in [0, 0.05) is 23.6 Å². The average molecular weight is 250 g/mol. The topological polar surface area (TPSA) is 4.10 Å². The first-order chi connectivity index (χ1) is 7.36. The molecule has 0 bridgehead atoms. The van der Waals surface area contributed by atoms with Crippen molar-refractivity contribution in [2.24, 2.45) is 0 Å². The van der Waals surface area contributed by atoms with E-state index in [1.807, 2.05) is 30.5 Å². The Labute approximate surface area is 105 Å². The SMILES string of the molecule is Clc1cccc2ccc3cccc[n+]3c12.[Cl-]. The second-order valence-electron chi connectivity index (χ2n) is 3.51. The third-order valence-corrected chi connectivity index (χ3v) is 2.89. The molecule has 3 heteroatoms. The summed E-state index contributed by atoms with van der Waals surface area (Å²) in [5.41, 5.74) is 2.22. The van der Waals surface area contributed by atoms with Gasteiger partial charge in [0.2, 0.25) is 11.0 Å². The molecule has 0 N–H and O–H groups in total. The summed E-state index contributed by atoms with van der Waals surface area (Å²) in [5.74, 6) is 0. The molecular weight excluding hydrogens is 241 g/mol. The van der Waals surface area contributed by atoms with E-state index in [4.69, 9.17) is 11.6 Å². The average Bonchev–Trinajstić information content (AvgIpc) is 2.29. The van der Waals surface area contributed by atoms with Crippen LogP contribution in [0.15, 0.2) is 54.7 Å². The zero-order valence-electron chi connectivity index (χ0n) is 8.40. The number of hydrogen-bond donors (Lipinski definition) is 0. The Bertz CT molecular complexity index is 650. The van der Waals surface area contributed by atoms with Gasteiger partial charge >= 0.3 is 0 Å². The Hall–Kier alpha value is -1.31. The lowest BCUT2D eigenvalue weighted by Gasteiger charge is -1.98. The van der Waals surface area contributed by atoms with Crippen molar-refractivity contribution in [2.75, 3.05) is 0 Å². The van der Waals surface area contributed by atoms with Gasteiger partial charge in [0.15, 0.2) is 6.20 Å². The van der Waals surface area contributed by atoms with Crippen LogP contribution in [0.25, 0.3) is 16.4 Å². The molecule has 0 atom stereocenters. The van der Waals surface area contributed by atoms with E-state index in [0.717, 1.165) is 21.4 Å². The van der Waals surface area contributed by atoms with Crippen LogP contribution >= 0.6 is 11.6 Å². The largest absolute Gasteiger partial charge is 1.00 e. The van der Waals surface area contributed by atoms with Crippen molar-refractivity contribution in [1.82, 2.24) is 0 Å². The molecule has 0 aliphatic heterocycles. The number of hydrogen-bond acceptors (Lipinski definition) is 0. The number of benzene rings is 1. The van der Waals surface area contributed by atoms with Crippen LogP contribution in [-0.2, 0) is 0 Å².